The summed E-state index contributed by atoms with van der Waals surface area (Å²) in [6.07, 6.45) is -0.0635. The van der Waals surface area contributed by atoms with E-state index in [1.807, 2.05) is 0 Å². The first-order valence-corrected chi connectivity index (χ1v) is 9.13. The number of aromatic nitrogens is 1. The van der Waals surface area contributed by atoms with Crippen molar-refractivity contribution in [3.8, 4) is 11.5 Å². The molecule has 0 amide bonds. The van der Waals surface area contributed by atoms with Gasteiger partial charge in [-0.25, -0.2) is 18.6 Å². The molecular formula is C21H17F5NO4+. The van der Waals surface area contributed by atoms with Crippen molar-refractivity contribution in [2.75, 3.05) is 6.61 Å². The number of benzene rings is 2. The molecule has 0 bridgehead atoms. The van der Waals surface area contributed by atoms with Crippen molar-refractivity contribution < 1.29 is 46.3 Å². The number of pyridine rings is 1. The van der Waals surface area contributed by atoms with Crippen molar-refractivity contribution in [2.24, 2.45) is 0 Å². The summed E-state index contributed by atoms with van der Waals surface area (Å²) in [6, 6.07) is 4.90. The lowest BCUT2D eigenvalue weighted by molar-refractivity contribution is -0.360. The van der Waals surface area contributed by atoms with Gasteiger partial charge in [0.1, 0.15) is 22.8 Å². The van der Waals surface area contributed by atoms with Crippen molar-refractivity contribution >= 4 is 16.9 Å². The predicted molar refractivity (Wildman–Crippen MR) is 98.8 cm³/mol. The van der Waals surface area contributed by atoms with E-state index in [-0.39, 0.29) is 46.3 Å². The Morgan fingerprint density at radius 2 is 1.87 bits per heavy atom. The number of aliphatic carboxylic acids is 1. The van der Waals surface area contributed by atoms with E-state index in [0.717, 1.165) is 24.3 Å². The fourth-order valence-corrected chi connectivity index (χ4v) is 3.24. The van der Waals surface area contributed by atoms with Gasteiger partial charge in [0.2, 0.25) is 0 Å². The van der Waals surface area contributed by atoms with Crippen molar-refractivity contribution in [1.29, 1.82) is 0 Å². The maximum Gasteiger partial charge on any atom is 0.387 e. The highest BCUT2D eigenvalue weighted by atomic mass is 19.3. The molecule has 0 aliphatic carbocycles. The summed E-state index contributed by atoms with van der Waals surface area (Å²) in [6.45, 7) is -2.47. The summed E-state index contributed by atoms with van der Waals surface area (Å²) in [5.41, 5.74) is 0.110. The largest absolute Gasteiger partial charge is 0.481 e. The third-order valence-electron chi connectivity index (χ3n) is 4.55. The van der Waals surface area contributed by atoms with Gasteiger partial charge < -0.3 is 14.6 Å². The molecule has 2 aromatic carbocycles. The second-order valence-electron chi connectivity index (χ2n) is 6.53. The summed E-state index contributed by atoms with van der Waals surface area (Å²) in [5, 5.41) is 8.62. The first-order valence-electron chi connectivity index (χ1n) is 9.13. The van der Waals surface area contributed by atoms with Crippen LogP contribution >= 0.6 is 0 Å². The van der Waals surface area contributed by atoms with Crippen LogP contribution in [0.2, 0.25) is 0 Å². The van der Waals surface area contributed by atoms with Crippen molar-refractivity contribution in [3.63, 3.8) is 0 Å². The molecule has 3 aromatic rings. The number of H-pyrrole nitrogens is 1. The number of alkyl halides is 2. The molecule has 0 atom stereocenters. The number of halogens is 5. The maximum atomic E-state index is 14.5. The van der Waals surface area contributed by atoms with E-state index >= 15 is 0 Å². The van der Waals surface area contributed by atoms with Gasteiger partial charge in [-0.15, -0.1) is 0 Å². The normalized spacial score (nSPS) is 11.2. The summed E-state index contributed by atoms with van der Waals surface area (Å²) in [5.74, 6) is -4.55. The minimum Gasteiger partial charge on any atom is -0.481 e. The average Bonchev–Trinajstić information content (AvgIpc) is 2.70. The molecule has 10 heteroatoms. The van der Waals surface area contributed by atoms with Crippen LogP contribution in [-0.4, -0.2) is 24.3 Å². The zero-order valence-electron chi connectivity index (χ0n) is 16.1. The van der Waals surface area contributed by atoms with Gasteiger partial charge in [0.05, 0.1) is 5.56 Å². The monoisotopic (exact) mass is 442 g/mol. The van der Waals surface area contributed by atoms with Crippen LogP contribution in [0.5, 0.6) is 11.5 Å². The number of aryl methyl sites for hydroxylation is 1. The Balaban J connectivity index is 2.30. The van der Waals surface area contributed by atoms with Crippen LogP contribution in [0.4, 0.5) is 22.0 Å². The predicted octanol–water partition coefficient (Wildman–Crippen LogP) is 4.29. The highest BCUT2D eigenvalue weighted by Gasteiger charge is 2.28. The minimum atomic E-state index is -3.32. The van der Waals surface area contributed by atoms with Gasteiger partial charge in [0.25, 0.3) is 5.52 Å². The summed E-state index contributed by atoms with van der Waals surface area (Å²) < 4.78 is 78.5. The molecule has 31 heavy (non-hydrogen) atoms. The molecule has 0 aliphatic rings. The van der Waals surface area contributed by atoms with Gasteiger partial charge in [0.15, 0.2) is 23.9 Å². The average molecular weight is 442 g/mol. The Bertz CT molecular complexity index is 1140. The molecule has 0 aliphatic heterocycles. The van der Waals surface area contributed by atoms with Gasteiger partial charge in [0, 0.05) is 18.9 Å². The summed E-state index contributed by atoms with van der Waals surface area (Å²) in [7, 11) is 0. The Hall–Kier alpha value is -3.43. The fourth-order valence-electron chi connectivity index (χ4n) is 3.24. The SMILES string of the molecule is CCc1[nH+]c2c(F)ccc(OCC(=O)O)c2c(OC(F)F)c1Cc1ccc(F)cc1F. The zero-order valence-corrected chi connectivity index (χ0v) is 16.1. The fraction of sp³-hybridized carbons (Fsp3) is 0.238. The number of carbonyl (C=O) groups is 1. The Morgan fingerprint density at radius 1 is 1.13 bits per heavy atom. The molecule has 0 saturated carbocycles. The molecule has 164 valence electrons. The number of fused-ring (bicyclic) bond motifs is 1. The molecule has 0 saturated heterocycles. The van der Waals surface area contributed by atoms with Gasteiger partial charge in [-0.3, -0.25) is 0 Å². The lowest BCUT2D eigenvalue weighted by Gasteiger charge is -2.16. The van der Waals surface area contributed by atoms with Gasteiger partial charge in [-0.1, -0.05) is 13.0 Å². The molecule has 1 aromatic heterocycles. The van der Waals surface area contributed by atoms with Crippen LogP contribution in [0.25, 0.3) is 10.9 Å². The molecule has 0 fully saturated rings. The van der Waals surface area contributed by atoms with Gasteiger partial charge in [-0.2, -0.15) is 13.2 Å². The molecule has 0 spiro atoms. The van der Waals surface area contributed by atoms with Crippen LogP contribution in [-0.2, 0) is 17.6 Å². The number of carboxylic acids is 1. The third-order valence-corrected chi connectivity index (χ3v) is 4.55. The Morgan fingerprint density at radius 3 is 2.48 bits per heavy atom. The van der Waals surface area contributed by atoms with E-state index < -0.39 is 42.4 Å². The van der Waals surface area contributed by atoms with Crippen LogP contribution in [0, 0.1) is 17.5 Å². The highest BCUT2D eigenvalue weighted by molar-refractivity contribution is 5.91. The van der Waals surface area contributed by atoms with E-state index in [0.29, 0.717) is 6.07 Å². The van der Waals surface area contributed by atoms with E-state index in [9.17, 15) is 26.7 Å². The Labute approximate surface area is 173 Å². The van der Waals surface area contributed by atoms with Crippen molar-refractivity contribution in [2.45, 2.75) is 26.4 Å². The molecule has 3 rings (SSSR count). The quantitative estimate of drug-likeness (QED) is 0.529. The van der Waals surface area contributed by atoms with Crippen molar-refractivity contribution in [1.82, 2.24) is 0 Å². The number of carboxylic acid groups (broad SMARTS) is 1. The standard InChI is InChI=1S/C21H16F5NO4/c1-2-15-12(7-10-3-4-11(22)8-14(10)24)20(31-21(25)26)18-16(30-9-17(28)29)6-5-13(23)19(18)27-15/h3-6,8,21H,2,7,9H2,1H3,(H,28,29)/p+1. The zero-order chi connectivity index (χ0) is 22.7. The molecule has 5 nitrogen and oxygen atoms in total. The van der Waals surface area contributed by atoms with E-state index in [4.69, 9.17) is 14.6 Å². The minimum absolute atomic E-state index is 0.00706. The number of hydrogen-bond donors (Lipinski definition) is 1. The molecule has 2 N–H and O–H groups in total. The number of aromatic amines is 1. The van der Waals surface area contributed by atoms with Crippen LogP contribution in [0.15, 0.2) is 30.3 Å². The molecule has 0 radical (unpaired) electrons. The number of rotatable bonds is 8. The highest BCUT2D eigenvalue weighted by Crippen LogP contribution is 2.39. The smallest absolute Gasteiger partial charge is 0.387 e. The Kier molecular flexibility index (Phi) is 6.57. The van der Waals surface area contributed by atoms with Crippen LogP contribution in [0.3, 0.4) is 0 Å². The van der Waals surface area contributed by atoms with Crippen LogP contribution in [0.1, 0.15) is 23.7 Å². The molecular weight excluding hydrogens is 425 g/mol. The first kappa shape index (κ1) is 22.3. The maximum absolute atomic E-state index is 14.5. The third kappa shape index (κ3) is 4.84. The lowest BCUT2D eigenvalue weighted by atomic mass is 9.97. The number of hydrogen-bond acceptors (Lipinski definition) is 3. The first-order chi connectivity index (χ1) is 14.7. The topological polar surface area (TPSA) is 69.9 Å². The van der Waals surface area contributed by atoms with Crippen LogP contribution < -0.4 is 14.5 Å². The van der Waals surface area contributed by atoms with E-state index in [1.54, 1.807) is 6.92 Å². The molecule has 0 unspecified atom stereocenters. The van der Waals surface area contributed by atoms with E-state index in [1.165, 1.54) is 0 Å². The number of nitrogens with one attached hydrogen (secondary N) is 1. The second-order valence-corrected chi connectivity index (χ2v) is 6.53. The van der Waals surface area contributed by atoms with Gasteiger partial charge in [-0.05, 0) is 23.8 Å². The number of ether oxygens (including phenoxy) is 2. The summed E-state index contributed by atoms with van der Waals surface area (Å²) in [4.78, 5) is 13.7. The van der Waals surface area contributed by atoms with E-state index in [2.05, 4.69) is 4.98 Å². The lowest BCUT2D eigenvalue weighted by Crippen LogP contribution is -2.20. The second kappa shape index (κ2) is 9.15. The molecule has 1 heterocycles. The van der Waals surface area contributed by atoms with Crippen molar-refractivity contribution in [3.05, 3.63) is 64.6 Å². The summed E-state index contributed by atoms with van der Waals surface area (Å²) >= 11 is 0. The van der Waals surface area contributed by atoms with Gasteiger partial charge >= 0.3 is 12.6 Å².